The Kier molecular flexibility index (Phi) is 5.80. The van der Waals surface area contributed by atoms with Gasteiger partial charge in [-0.2, -0.15) is 0 Å². The predicted molar refractivity (Wildman–Crippen MR) is 117 cm³/mol. The second kappa shape index (κ2) is 8.84. The highest BCUT2D eigenvalue weighted by Gasteiger charge is 2.18. The van der Waals surface area contributed by atoms with Gasteiger partial charge in [-0.15, -0.1) is 0 Å². The Hall–Kier alpha value is -4.27. The van der Waals surface area contributed by atoms with E-state index in [2.05, 4.69) is 5.32 Å². The number of benzene rings is 2. The molecule has 9 nitrogen and oxygen atoms in total. The summed E-state index contributed by atoms with van der Waals surface area (Å²) in [5.74, 6) is -0.0617. The number of hydrogen-bond donors (Lipinski definition) is 1. The molecule has 2 heterocycles. The minimum absolute atomic E-state index is 0.133. The molecule has 0 spiro atoms. The third kappa shape index (κ3) is 4.27. The van der Waals surface area contributed by atoms with Crippen LogP contribution >= 0.6 is 0 Å². The van der Waals surface area contributed by atoms with Crippen LogP contribution in [0.25, 0.3) is 11.8 Å². The third-order valence-corrected chi connectivity index (χ3v) is 4.97. The number of carbonyl (C=O) groups excluding carboxylic acids is 2. The van der Waals surface area contributed by atoms with E-state index in [1.807, 2.05) is 18.2 Å². The Labute approximate surface area is 183 Å². The predicted octanol–water partition coefficient (Wildman–Crippen LogP) is 2.41. The molecule has 1 N–H and O–H groups in total. The number of nitrogens with one attached hydrogen (secondary N) is 1. The van der Waals surface area contributed by atoms with Crippen LogP contribution in [0.2, 0.25) is 0 Å². The Balaban J connectivity index is 1.37. The van der Waals surface area contributed by atoms with E-state index in [1.165, 1.54) is 10.8 Å². The fraction of sp³-hybridized carbons (Fsp3) is 0.174. The Morgan fingerprint density at radius 2 is 1.88 bits per heavy atom. The monoisotopic (exact) mass is 435 g/mol. The first kappa shape index (κ1) is 21.0. The van der Waals surface area contributed by atoms with Crippen molar-refractivity contribution in [3.8, 4) is 17.2 Å². The summed E-state index contributed by atoms with van der Waals surface area (Å²) in [5.41, 5.74) is 1.72. The summed E-state index contributed by atoms with van der Waals surface area (Å²) in [5, 5.41) is 2.54. The maximum atomic E-state index is 12.8. The Morgan fingerprint density at radius 3 is 2.66 bits per heavy atom. The van der Waals surface area contributed by atoms with Gasteiger partial charge in [-0.05, 0) is 42.8 Å². The van der Waals surface area contributed by atoms with E-state index in [9.17, 15) is 14.4 Å². The SMILES string of the molecule is Cc1c(NC(=O)COC(=O)/C=C/c2ccc3c(c2)OCO3)c(=O)n(-c2ccccc2)n1C. The van der Waals surface area contributed by atoms with Crippen LogP contribution in [-0.2, 0) is 21.4 Å². The molecule has 0 radical (unpaired) electrons. The molecule has 1 aliphatic heterocycles. The molecule has 9 heteroatoms. The number of para-hydroxylation sites is 1. The van der Waals surface area contributed by atoms with Crippen molar-refractivity contribution >= 4 is 23.6 Å². The lowest BCUT2D eigenvalue weighted by Gasteiger charge is -2.07. The van der Waals surface area contributed by atoms with Crippen molar-refractivity contribution in [1.82, 2.24) is 9.36 Å². The molecule has 0 aliphatic carbocycles. The van der Waals surface area contributed by atoms with E-state index in [0.29, 0.717) is 22.9 Å². The van der Waals surface area contributed by atoms with Crippen LogP contribution in [-0.4, -0.2) is 34.6 Å². The Morgan fingerprint density at radius 1 is 1.12 bits per heavy atom. The van der Waals surface area contributed by atoms with E-state index < -0.39 is 18.5 Å². The molecule has 1 aliphatic rings. The average molecular weight is 435 g/mol. The maximum absolute atomic E-state index is 12.8. The van der Waals surface area contributed by atoms with E-state index in [0.717, 1.165) is 5.56 Å². The molecule has 164 valence electrons. The molecule has 0 fully saturated rings. The lowest BCUT2D eigenvalue weighted by Crippen LogP contribution is -2.25. The van der Waals surface area contributed by atoms with Gasteiger partial charge in [0.15, 0.2) is 18.1 Å². The van der Waals surface area contributed by atoms with Crippen molar-refractivity contribution in [3.63, 3.8) is 0 Å². The third-order valence-electron chi connectivity index (χ3n) is 4.97. The van der Waals surface area contributed by atoms with Crippen LogP contribution in [0.1, 0.15) is 11.3 Å². The second-order valence-corrected chi connectivity index (χ2v) is 7.04. The fourth-order valence-electron chi connectivity index (χ4n) is 3.25. The van der Waals surface area contributed by atoms with Gasteiger partial charge in [0.25, 0.3) is 11.5 Å². The van der Waals surface area contributed by atoms with Gasteiger partial charge in [-0.3, -0.25) is 14.3 Å². The molecule has 0 saturated heterocycles. The van der Waals surface area contributed by atoms with Crippen LogP contribution in [0.15, 0.2) is 59.4 Å². The number of nitrogens with zero attached hydrogens (tertiary/aromatic N) is 2. The lowest BCUT2D eigenvalue weighted by atomic mass is 10.2. The molecule has 32 heavy (non-hydrogen) atoms. The first-order valence-electron chi connectivity index (χ1n) is 9.82. The normalized spacial score (nSPS) is 12.2. The number of rotatable bonds is 6. The summed E-state index contributed by atoms with van der Waals surface area (Å²) in [6, 6.07) is 14.3. The number of ether oxygens (including phenoxy) is 3. The summed E-state index contributed by atoms with van der Waals surface area (Å²) in [4.78, 5) is 37.1. The maximum Gasteiger partial charge on any atom is 0.331 e. The molecule has 2 aromatic carbocycles. The van der Waals surface area contributed by atoms with E-state index in [1.54, 1.807) is 55.1 Å². The van der Waals surface area contributed by atoms with Gasteiger partial charge < -0.3 is 19.5 Å². The van der Waals surface area contributed by atoms with Crippen molar-refractivity contribution in [2.75, 3.05) is 18.7 Å². The smallest absolute Gasteiger partial charge is 0.331 e. The van der Waals surface area contributed by atoms with Gasteiger partial charge in [-0.25, -0.2) is 9.48 Å². The van der Waals surface area contributed by atoms with Gasteiger partial charge in [0.1, 0.15) is 5.69 Å². The summed E-state index contributed by atoms with van der Waals surface area (Å²) < 4.78 is 18.6. The molecular formula is C23H21N3O6. The van der Waals surface area contributed by atoms with Gasteiger partial charge >= 0.3 is 5.97 Å². The summed E-state index contributed by atoms with van der Waals surface area (Å²) in [6.07, 6.45) is 2.75. The van der Waals surface area contributed by atoms with Crippen LogP contribution in [0.4, 0.5) is 5.69 Å². The highest BCUT2D eigenvalue weighted by molar-refractivity contribution is 5.95. The lowest BCUT2D eigenvalue weighted by molar-refractivity contribution is -0.142. The number of fused-ring (bicyclic) bond motifs is 1. The van der Waals surface area contributed by atoms with Crippen molar-refractivity contribution < 1.29 is 23.8 Å². The Bertz CT molecular complexity index is 1260. The van der Waals surface area contributed by atoms with Crippen molar-refractivity contribution in [2.24, 2.45) is 7.05 Å². The minimum atomic E-state index is -0.690. The highest BCUT2D eigenvalue weighted by Crippen LogP contribution is 2.32. The average Bonchev–Trinajstić information content (AvgIpc) is 3.35. The van der Waals surface area contributed by atoms with E-state index in [4.69, 9.17) is 14.2 Å². The molecular weight excluding hydrogens is 414 g/mol. The van der Waals surface area contributed by atoms with Gasteiger partial charge in [-0.1, -0.05) is 24.3 Å². The second-order valence-electron chi connectivity index (χ2n) is 7.04. The number of esters is 1. The topological polar surface area (TPSA) is 101 Å². The zero-order valence-corrected chi connectivity index (χ0v) is 17.5. The summed E-state index contributed by atoms with van der Waals surface area (Å²) in [6.45, 7) is 1.36. The van der Waals surface area contributed by atoms with E-state index >= 15 is 0 Å². The van der Waals surface area contributed by atoms with Gasteiger partial charge in [0.05, 0.1) is 11.4 Å². The summed E-state index contributed by atoms with van der Waals surface area (Å²) in [7, 11) is 1.72. The molecule has 0 saturated carbocycles. The standard InChI is InChI=1S/C23H21N3O6/c1-15-22(23(29)26(25(15)2)17-6-4-3-5-7-17)24-20(27)13-30-21(28)11-9-16-8-10-18-19(12-16)32-14-31-18/h3-12H,13-14H2,1-2H3,(H,24,27)/b11-9+. The number of amides is 1. The first-order chi connectivity index (χ1) is 15.4. The largest absolute Gasteiger partial charge is 0.454 e. The van der Waals surface area contributed by atoms with Crippen LogP contribution < -0.4 is 20.3 Å². The summed E-state index contributed by atoms with van der Waals surface area (Å²) >= 11 is 0. The number of anilines is 1. The molecule has 3 aromatic rings. The fourth-order valence-corrected chi connectivity index (χ4v) is 3.25. The molecule has 0 unspecified atom stereocenters. The number of hydrogen-bond acceptors (Lipinski definition) is 6. The molecule has 1 aromatic heterocycles. The molecule has 0 atom stereocenters. The number of carbonyl (C=O) groups is 2. The minimum Gasteiger partial charge on any atom is -0.454 e. The molecule has 0 bridgehead atoms. The zero-order chi connectivity index (χ0) is 22.7. The van der Waals surface area contributed by atoms with Crippen LogP contribution in [0, 0.1) is 6.92 Å². The first-order valence-corrected chi connectivity index (χ1v) is 9.82. The van der Waals surface area contributed by atoms with Crippen LogP contribution in [0.3, 0.4) is 0 Å². The van der Waals surface area contributed by atoms with Gasteiger partial charge in [0, 0.05) is 13.1 Å². The van der Waals surface area contributed by atoms with Crippen molar-refractivity contribution in [3.05, 3.63) is 76.2 Å². The quantitative estimate of drug-likeness (QED) is 0.471. The van der Waals surface area contributed by atoms with Crippen LogP contribution in [0.5, 0.6) is 11.5 Å². The zero-order valence-electron chi connectivity index (χ0n) is 17.5. The van der Waals surface area contributed by atoms with Gasteiger partial charge in [0.2, 0.25) is 6.79 Å². The highest BCUT2D eigenvalue weighted by atomic mass is 16.7. The van der Waals surface area contributed by atoms with Crippen molar-refractivity contribution in [2.45, 2.75) is 6.92 Å². The number of aromatic nitrogens is 2. The van der Waals surface area contributed by atoms with E-state index in [-0.39, 0.29) is 18.0 Å². The molecule has 4 rings (SSSR count). The molecule has 1 amide bonds. The van der Waals surface area contributed by atoms with Crippen molar-refractivity contribution in [1.29, 1.82) is 0 Å².